The van der Waals surface area contributed by atoms with E-state index in [0.717, 1.165) is 12.2 Å². The minimum absolute atomic E-state index is 0.387. The van der Waals surface area contributed by atoms with Crippen LogP contribution in [0.1, 0.15) is 23.7 Å². The number of hydrogen-bond donors (Lipinski definition) is 2. The molecule has 0 bridgehead atoms. The van der Waals surface area contributed by atoms with Crippen molar-refractivity contribution in [2.24, 2.45) is 0 Å². The van der Waals surface area contributed by atoms with Gasteiger partial charge in [0.1, 0.15) is 0 Å². The van der Waals surface area contributed by atoms with Gasteiger partial charge in [-0.25, -0.2) is 4.79 Å². The predicted molar refractivity (Wildman–Crippen MR) is 69.6 cm³/mol. The zero-order valence-electron chi connectivity index (χ0n) is 10.6. The van der Waals surface area contributed by atoms with Crippen LogP contribution in [0.3, 0.4) is 0 Å². The molecule has 1 saturated heterocycles. The fraction of sp³-hybridized carbons (Fsp3) is 0.462. The lowest BCUT2D eigenvalue weighted by molar-refractivity contribution is 0.0600. The van der Waals surface area contributed by atoms with Crippen LogP contribution in [0.15, 0.2) is 18.2 Å². The van der Waals surface area contributed by atoms with E-state index in [1.54, 1.807) is 25.1 Å². The van der Waals surface area contributed by atoms with Crippen molar-refractivity contribution < 1.29 is 14.6 Å². The molecule has 0 radical (unpaired) electrons. The molecule has 1 aromatic carbocycles. The van der Waals surface area contributed by atoms with E-state index < -0.39 is 5.60 Å². The summed E-state index contributed by atoms with van der Waals surface area (Å²) in [5.74, 6) is -0.387. The first-order chi connectivity index (χ1) is 8.43. The minimum atomic E-state index is -0.701. The first-order valence-electron chi connectivity index (χ1n) is 5.88. The summed E-state index contributed by atoms with van der Waals surface area (Å²) >= 11 is 0. The molecule has 1 fully saturated rings. The third-order valence-electron chi connectivity index (χ3n) is 3.24. The number of rotatable bonds is 2. The van der Waals surface area contributed by atoms with E-state index in [4.69, 9.17) is 5.73 Å². The van der Waals surface area contributed by atoms with Crippen LogP contribution in [0.2, 0.25) is 0 Å². The maximum absolute atomic E-state index is 11.5. The fourth-order valence-electron chi connectivity index (χ4n) is 2.21. The average molecular weight is 250 g/mol. The van der Waals surface area contributed by atoms with Crippen LogP contribution >= 0.6 is 0 Å². The lowest BCUT2D eigenvalue weighted by Gasteiger charge is -2.22. The molecule has 5 heteroatoms. The molecule has 0 aliphatic carbocycles. The molecular weight excluding hydrogens is 232 g/mol. The summed E-state index contributed by atoms with van der Waals surface area (Å²) in [5, 5.41) is 9.97. The summed E-state index contributed by atoms with van der Waals surface area (Å²) in [7, 11) is 1.35. The highest BCUT2D eigenvalue weighted by Crippen LogP contribution is 2.31. The van der Waals surface area contributed by atoms with Crippen LogP contribution in [0.4, 0.5) is 11.4 Å². The number of ether oxygens (including phenoxy) is 1. The molecule has 3 N–H and O–H groups in total. The van der Waals surface area contributed by atoms with Gasteiger partial charge in [0, 0.05) is 13.1 Å². The second kappa shape index (κ2) is 4.49. The van der Waals surface area contributed by atoms with E-state index >= 15 is 0 Å². The van der Waals surface area contributed by atoms with Crippen molar-refractivity contribution in [2.75, 3.05) is 30.8 Å². The molecule has 0 aromatic heterocycles. The smallest absolute Gasteiger partial charge is 0.337 e. The molecular formula is C13H18N2O3. The van der Waals surface area contributed by atoms with Gasteiger partial charge in [-0.3, -0.25) is 0 Å². The highest BCUT2D eigenvalue weighted by atomic mass is 16.5. The molecule has 0 spiro atoms. The van der Waals surface area contributed by atoms with Gasteiger partial charge in [-0.05, 0) is 31.5 Å². The number of nitrogens with zero attached hydrogens (tertiary/aromatic N) is 1. The first-order valence-corrected chi connectivity index (χ1v) is 5.88. The topological polar surface area (TPSA) is 75.8 Å². The van der Waals surface area contributed by atoms with Gasteiger partial charge in [-0.1, -0.05) is 0 Å². The number of nitrogens with two attached hydrogens (primary N) is 1. The number of nitrogen functional groups attached to an aromatic ring is 1. The van der Waals surface area contributed by atoms with E-state index in [1.807, 2.05) is 4.90 Å². The number of benzene rings is 1. The van der Waals surface area contributed by atoms with E-state index in [-0.39, 0.29) is 5.97 Å². The molecule has 2 rings (SSSR count). The molecule has 1 aromatic rings. The van der Waals surface area contributed by atoms with E-state index in [1.165, 1.54) is 7.11 Å². The van der Waals surface area contributed by atoms with Gasteiger partial charge in [-0.2, -0.15) is 0 Å². The monoisotopic (exact) mass is 250 g/mol. The first kappa shape index (κ1) is 12.7. The Balaban J connectivity index is 2.30. The Morgan fingerprint density at radius 1 is 1.56 bits per heavy atom. The van der Waals surface area contributed by atoms with Crippen molar-refractivity contribution in [2.45, 2.75) is 18.9 Å². The van der Waals surface area contributed by atoms with Gasteiger partial charge >= 0.3 is 5.97 Å². The maximum Gasteiger partial charge on any atom is 0.337 e. The minimum Gasteiger partial charge on any atom is -0.465 e. The number of methoxy groups -OCH3 is 1. The summed E-state index contributed by atoms with van der Waals surface area (Å²) in [6.45, 7) is 3.04. The Kier molecular flexibility index (Phi) is 3.17. The van der Waals surface area contributed by atoms with Gasteiger partial charge in [0.15, 0.2) is 0 Å². The number of aliphatic hydroxyl groups is 1. The Morgan fingerprint density at radius 3 is 2.83 bits per heavy atom. The van der Waals surface area contributed by atoms with Crippen LogP contribution < -0.4 is 10.6 Å². The molecule has 1 atom stereocenters. The number of carbonyl (C=O) groups excluding carboxylic acids is 1. The lowest BCUT2D eigenvalue weighted by Crippen LogP contribution is -2.30. The second-order valence-corrected chi connectivity index (χ2v) is 4.93. The Labute approximate surface area is 106 Å². The molecule has 1 heterocycles. The molecule has 0 amide bonds. The van der Waals surface area contributed by atoms with Crippen LogP contribution in [-0.4, -0.2) is 36.9 Å². The molecule has 1 aliphatic heterocycles. The number of anilines is 2. The van der Waals surface area contributed by atoms with E-state index in [0.29, 0.717) is 24.2 Å². The number of hydrogen-bond acceptors (Lipinski definition) is 5. The molecule has 5 nitrogen and oxygen atoms in total. The largest absolute Gasteiger partial charge is 0.465 e. The molecule has 18 heavy (non-hydrogen) atoms. The van der Waals surface area contributed by atoms with E-state index in [2.05, 4.69) is 4.74 Å². The van der Waals surface area contributed by atoms with Crippen LogP contribution in [0.5, 0.6) is 0 Å². The molecule has 0 saturated carbocycles. The zero-order valence-corrected chi connectivity index (χ0v) is 10.6. The summed E-state index contributed by atoms with van der Waals surface area (Å²) in [6, 6.07) is 5.04. The quantitative estimate of drug-likeness (QED) is 0.605. The molecule has 1 unspecified atom stereocenters. The van der Waals surface area contributed by atoms with Crippen molar-refractivity contribution in [3.05, 3.63) is 23.8 Å². The Morgan fingerprint density at radius 2 is 2.28 bits per heavy atom. The van der Waals surface area contributed by atoms with Crippen molar-refractivity contribution in [1.82, 2.24) is 0 Å². The van der Waals surface area contributed by atoms with Gasteiger partial charge in [0.05, 0.1) is 29.6 Å². The second-order valence-electron chi connectivity index (χ2n) is 4.93. The summed E-state index contributed by atoms with van der Waals surface area (Å²) in [5.41, 5.74) is 7.06. The lowest BCUT2D eigenvalue weighted by atomic mass is 10.1. The third kappa shape index (κ3) is 2.41. The van der Waals surface area contributed by atoms with Crippen LogP contribution in [0, 0.1) is 0 Å². The third-order valence-corrected chi connectivity index (χ3v) is 3.24. The van der Waals surface area contributed by atoms with Crippen molar-refractivity contribution >= 4 is 17.3 Å². The molecule has 98 valence electrons. The summed E-state index contributed by atoms with van der Waals surface area (Å²) in [4.78, 5) is 13.5. The highest BCUT2D eigenvalue weighted by Gasteiger charge is 2.32. The SMILES string of the molecule is COC(=O)c1ccc(N)c(N2CCC(C)(O)C2)c1. The van der Waals surface area contributed by atoms with Crippen molar-refractivity contribution in [1.29, 1.82) is 0 Å². The van der Waals surface area contributed by atoms with Crippen LogP contribution in [0.25, 0.3) is 0 Å². The Hall–Kier alpha value is -1.75. The van der Waals surface area contributed by atoms with Crippen LogP contribution in [-0.2, 0) is 4.74 Å². The van der Waals surface area contributed by atoms with Gasteiger partial charge in [-0.15, -0.1) is 0 Å². The van der Waals surface area contributed by atoms with Crippen molar-refractivity contribution in [3.63, 3.8) is 0 Å². The summed E-state index contributed by atoms with van der Waals surface area (Å²) < 4.78 is 4.69. The van der Waals surface area contributed by atoms with E-state index in [9.17, 15) is 9.90 Å². The number of β-amino-alcohol motifs (C(OH)–C–C–N with tert-alkyl or cyclic N) is 1. The Bertz CT molecular complexity index is 471. The van der Waals surface area contributed by atoms with Gasteiger partial charge < -0.3 is 20.5 Å². The van der Waals surface area contributed by atoms with Gasteiger partial charge in [0.25, 0.3) is 0 Å². The fourth-order valence-corrected chi connectivity index (χ4v) is 2.21. The van der Waals surface area contributed by atoms with Crippen molar-refractivity contribution in [3.8, 4) is 0 Å². The maximum atomic E-state index is 11.5. The molecule has 1 aliphatic rings. The number of esters is 1. The standard InChI is InChI=1S/C13H18N2O3/c1-13(17)5-6-15(8-13)11-7-9(12(16)18-2)3-4-10(11)14/h3-4,7,17H,5-6,8,14H2,1-2H3. The highest BCUT2D eigenvalue weighted by molar-refractivity contribution is 5.92. The zero-order chi connectivity index (χ0) is 13.3. The van der Waals surface area contributed by atoms with Gasteiger partial charge in [0.2, 0.25) is 0 Å². The predicted octanol–water partition coefficient (Wildman–Crippen LogP) is 1.02. The summed E-state index contributed by atoms with van der Waals surface area (Å²) in [6.07, 6.45) is 0.689. The number of carbonyl (C=O) groups is 1. The normalized spacial score (nSPS) is 23.2. The average Bonchev–Trinajstić information content (AvgIpc) is 2.69.